The molecule has 11 heteroatoms. The zero-order chi connectivity index (χ0) is 25.2. The second-order valence-corrected chi connectivity index (χ2v) is 8.87. The Hall–Kier alpha value is -3.01. The number of amides is 1. The number of para-hydroxylation sites is 1. The number of alkyl halides is 3. The van der Waals surface area contributed by atoms with E-state index in [0.717, 1.165) is 22.8 Å². The third kappa shape index (κ3) is 6.17. The molecule has 2 heterocycles. The molecule has 0 radical (unpaired) electrons. The normalized spacial score (nSPS) is 14.7. The number of nitrogens with zero attached hydrogens (tertiary/aromatic N) is 3. The molecule has 184 valence electrons. The SMILES string of the molecule is Nc1nccc(-c2cc(Cl)cc(Cl)c2)c1CN1CCN(C(=O)c2ccccc2OC(F)(F)F)CC1. The summed E-state index contributed by atoms with van der Waals surface area (Å²) in [6, 6.07) is 12.4. The molecular weight excluding hydrogens is 504 g/mol. The Bertz CT molecular complexity index is 1210. The third-order valence-electron chi connectivity index (χ3n) is 5.65. The molecule has 1 aliphatic heterocycles. The van der Waals surface area contributed by atoms with E-state index in [1.54, 1.807) is 24.4 Å². The van der Waals surface area contributed by atoms with Crippen LogP contribution in [0.3, 0.4) is 0 Å². The van der Waals surface area contributed by atoms with E-state index in [4.69, 9.17) is 28.9 Å². The van der Waals surface area contributed by atoms with Gasteiger partial charge < -0.3 is 15.4 Å². The molecule has 0 bridgehead atoms. The molecule has 35 heavy (non-hydrogen) atoms. The Morgan fingerprint density at radius 3 is 2.34 bits per heavy atom. The Morgan fingerprint density at radius 2 is 1.69 bits per heavy atom. The smallest absolute Gasteiger partial charge is 0.405 e. The molecule has 1 fully saturated rings. The molecule has 2 N–H and O–H groups in total. The number of aromatic nitrogens is 1. The first-order valence-electron chi connectivity index (χ1n) is 10.7. The van der Waals surface area contributed by atoms with Crippen LogP contribution >= 0.6 is 23.2 Å². The second kappa shape index (κ2) is 10.3. The minimum Gasteiger partial charge on any atom is -0.405 e. The largest absolute Gasteiger partial charge is 0.573 e. The van der Waals surface area contributed by atoms with E-state index >= 15 is 0 Å². The summed E-state index contributed by atoms with van der Waals surface area (Å²) >= 11 is 12.4. The molecule has 1 amide bonds. The Balaban J connectivity index is 1.47. The van der Waals surface area contributed by atoms with Crippen molar-refractivity contribution < 1.29 is 22.7 Å². The summed E-state index contributed by atoms with van der Waals surface area (Å²) in [7, 11) is 0. The monoisotopic (exact) mass is 524 g/mol. The van der Waals surface area contributed by atoms with Crippen molar-refractivity contribution in [3.05, 3.63) is 75.9 Å². The molecule has 6 nitrogen and oxygen atoms in total. The van der Waals surface area contributed by atoms with Crippen molar-refractivity contribution in [3.8, 4) is 16.9 Å². The summed E-state index contributed by atoms with van der Waals surface area (Å²) in [6.45, 7) is 2.13. The van der Waals surface area contributed by atoms with Crippen LogP contribution in [0.5, 0.6) is 5.75 Å². The number of benzene rings is 2. The van der Waals surface area contributed by atoms with Crippen molar-refractivity contribution in [1.29, 1.82) is 0 Å². The number of carbonyl (C=O) groups excluding carboxylic acids is 1. The van der Waals surface area contributed by atoms with Crippen molar-refractivity contribution in [2.75, 3.05) is 31.9 Å². The lowest BCUT2D eigenvalue weighted by atomic mass is 10.00. The molecule has 0 atom stereocenters. The first kappa shape index (κ1) is 25.1. The Morgan fingerprint density at radius 1 is 1.03 bits per heavy atom. The number of nitrogen functional groups attached to an aromatic ring is 1. The number of pyridine rings is 1. The van der Waals surface area contributed by atoms with E-state index in [0.29, 0.717) is 48.6 Å². The standard InChI is InChI=1S/C24H21Cl2F3N4O2/c25-16-11-15(12-17(26)13-16)18-5-6-31-22(30)20(18)14-32-7-9-33(10-8-32)23(34)19-3-1-2-4-21(19)35-24(27,28)29/h1-6,11-13H,7-10,14H2,(H2,30,31). The lowest BCUT2D eigenvalue weighted by Crippen LogP contribution is -2.48. The van der Waals surface area contributed by atoms with E-state index in [2.05, 4.69) is 14.6 Å². The van der Waals surface area contributed by atoms with Crippen LogP contribution in [0.1, 0.15) is 15.9 Å². The number of halogens is 5. The number of rotatable bonds is 5. The van der Waals surface area contributed by atoms with Crippen LogP contribution in [0.15, 0.2) is 54.7 Å². The van der Waals surface area contributed by atoms with Gasteiger partial charge >= 0.3 is 6.36 Å². The number of anilines is 1. The molecule has 0 unspecified atom stereocenters. The summed E-state index contributed by atoms with van der Waals surface area (Å²) in [5.41, 5.74) is 8.52. The van der Waals surface area contributed by atoms with Gasteiger partial charge in [-0.3, -0.25) is 9.69 Å². The highest BCUT2D eigenvalue weighted by Gasteiger charge is 2.34. The highest BCUT2D eigenvalue weighted by atomic mass is 35.5. The minimum atomic E-state index is -4.89. The molecular formula is C24H21Cl2F3N4O2. The first-order chi connectivity index (χ1) is 16.6. The highest BCUT2D eigenvalue weighted by Crippen LogP contribution is 2.32. The summed E-state index contributed by atoms with van der Waals surface area (Å²) < 4.78 is 42.2. The zero-order valence-electron chi connectivity index (χ0n) is 18.4. The molecule has 0 spiro atoms. The van der Waals surface area contributed by atoms with Gasteiger partial charge in [0.05, 0.1) is 5.56 Å². The molecule has 1 saturated heterocycles. The van der Waals surface area contributed by atoms with Crippen molar-refractivity contribution in [2.24, 2.45) is 0 Å². The van der Waals surface area contributed by atoms with Gasteiger partial charge in [0, 0.05) is 54.5 Å². The van der Waals surface area contributed by atoms with Crippen LogP contribution in [0.4, 0.5) is 19.0 Å². The van der Waals surface area contributed by atoms with E-state index in [-0.39, 0.29) is 5.56 Å². The molecule has 3 aromatic rings. The van der Waals surface area contributed by atoms with Gasteiger partial charge in [0.1, 0.15) is 11.6 Å². The van der Waals surface area contributed by atoms with Gasteiger partial charge in [-0.15, -0.1) is 13.2 Å². The van der Waals surface area contributed by atoms with E-state index in [9.17, 15) is 18.0 Å². The van der Waals surface area contributed by atoms with Crippen molar-refractivity contribution in [3.63, 3.8) is 0 Å². The van der Waals surface area contributed by atoms with Crippen molar-refractivity contribution in [1.82, 2.24) is 14.8 Å². The number of hydrogen-bond acceptors (Lipinski definition) is 5. The van der Waals surface area contributed by atoms with Crippen molar-refractivity contribution in [2.45, 2.75) is 12.9 Å². The van der Waals surface area contributed by atoms with E-state index < -0.39 is 18.0 Å². The summed E-state index contributed by atoms with van der Waals surface area (Å²) in [5.74, 6) is -0.657. The van der Waals surface area contributed by atoms with Crippen LogP contribution in [0.2, 0.25) is 10.0 Å². The molecule has 2 aromatic carbocycles. The Kier molecular flexibility index (Phi) is 7.39. The number of ether oxygens (including phenoxy) is 1. The van der Waals surface area contributed by atoms with Crippen LogP contribution in [0.25, 0.3) is 11.1 Å². The third-order valence-corrected chi connectivity index (χ3v) is 6.08. The molecule has 4 rings (SSSR count). The lowest BCUT2D eigenvalue weighted by Gasteiger charge is -2.35. The Labute approximate surface area is 210 Å². The summed E-state index contributed by atoms with van der Waals surface area (Å²) in [5, 5.41) is 0.992. The fourth-order valence-electron chi connectivity index (χ4n) is 4.01. The van der Waals surface area contributed by atoms with Crippen molar-refractivity contribution >= 4 is 34.9 Å². The van der Waals surface area contributed by atoms with Gasteiger partial charge in [0.15, 0.2) is 0 Å². The average molecular weight is 525 g/mol. The highest BCUT2D eigenvalue weighted by molar-refractivity contribution is 6.35. The maximum absolute atomic E-state index is 12.9. The molecule has 1 aliphatic rings. The summed E-state index contributed by atoms with van der Waals surface area (Å²) in [4.78, 5) is 20.8. The maximum atomic E-state index is 12.9. The van der Waals surface area contributed by atoms with E-state index in [1.165, 1.54) is 23.1 Å². The van der Waals surface area contributed by atoms with Crippen LogP contribution in [-0.4, -0.2) is 53.2 Å². The fourth-order valence-corrected chi connectivity index (χ4v) is 4.54. The first-order valence-corrected chi connectivity index (χ1v) is 11.4. The van der Waals surface area contributed by atoms with Crippen LogP contribution in [-0.2, 0) is 6.54 Å². The number of hydrogen-bond donors (Lipinski definition) is 1. The number of carbonyl (C=O) groups is 1. The van der Waals surface area contributed by atoms with E-state index in [1.807, 2.05) is 6.07 Å². The van der Waals surface area contributed by atoms with Crippen LogP contribution in [0, 0.1) is 0 Å². The lowest BCUT2D eigenvalue weighted by molar-refractivity contribution is -0.274. The maximum Gasteiger partial charge on any atom is 0.573 e. The van der Waals surface area contributed by atoms with Gasteiger partial charge in [0.2, 0.25) is 0 Å². The minimum absolute atomic E-state index is 0.130. The number of nitrogens with two attached hydrogens (primary N) is 1. The molecule has 0 saturated carbocycles. The van der Waals surface area contributed by atoms with Gasteiger partial charge in [-0.1, -0.05) is 35.3 Å². The predicted octanol–water partition coefficient (Wildman–Crippen LogP) is 5.49. The summed E-state index contributed by atoms with van der Waals surface area (Å²) in [6.07, 6.45) is -3.27. The van der Waals surface area contributed by atoms with Gasteiger partial charge in [-0.25, -0.2) is 4.98 Å². The van der Waals surface area contributed by atoms with Crippen LogP contribution < -0.4 is 10.5 Å². The van der Waals surface area contributed by atoms with Gasteiger partial charge in [-0.2, -0.15) is 0 Å². The quantitative estimate of drug-likeness (QED) is 0.477. The van der Waals surface area contributed by atoms with Gasteiger partial charge in [0.25, 0.3) is 5.91 Å². The van der Waals surface area contributed by atoms with Gasteiger partial charge in [-0.05, 0) is 47.5 Å². The average Bonchev–Trinajstić information content (AvgIpc) is 2.79. The topological polar surface area (TPSA) is 71.7 Å². The number of piperazine rings is 1. The fraction of sp³-hybridized carbons (Fsp3) is 0.250. The molecule has 0 aliphatic carbocycles. The predicted molar refractivity (Wildman–Crippen MR) is 128 cm³/mol. The zero-order valence-corrected chi connectivity index (χ0v) is 19.9. The molecule has 1 aromatic heterocycles. The second-order valence-electron chi connectivity index (χ2n) is 7.99.